The molecule has 0 amide bonds. The minimum Gasteiger partial charge on any atom is -0.493 e. The molecule has 4 aromatic rings. The molecule has 0 fully saturated rings. The number of para-hydroxylation sites is 3. The third kappa shape index (κ3) is 5.12. The third-order valence-corrected chi connectivity index (χ3v) is 6.20. The lowest BCUT2D eigenvalue weighted by molar-refractivity contribution is 0.313. The molecule has 7 nitrogen and oxygen atoms in total. The second kappa shape index (κ2) is 11.0. The second-order valence-corrected chi connectivity index (χ2v) is 8.40. The maximum atomic E-state index is 13.4. The number of nitrogens with zero attached hydrogens (tertiary/aromatic N) is 2. The molecule has 4 rings (SSSR count). The van der Waals surface area contributed by atoms with Gasteiger partial charge in [0.05, 0.1) is 45.4 Å². The molecule has 1 heterocycles. The van der Waals surface area contributed by atoms with Gasteiger partial charge in [-0.05, 0) is 42.0 Å². The van der Waals surface area contributed by atoms with Crippen molar-refractivity contribution in [3.63, 3.8) is 0 Å². The highest BCUT2D eigenvalue weighted by atomic mass is 32.2. The van der Waals surface area contributed by atoms with Crippen LogP contribution in [0.3, 0.4) is 0 Å². The third-order valence-electron chi connectivity index (χ3n) is 5.26. The highest BCUT2D eigenvalue weighted by Crippen LogP contribution is 2.29. The average molecular weight is 479 g/mol. The Hall–Kier alpha value is -3.65. The smallest absolute Gasteiger partial charge is 0.262 e. The number of methoxy groups -OCH3 is 3. The molecule has 0 bridgehead atoms. The molecule has 0 saturated carbocycles. The van der Waals surface area contributed by atoms with Crippen LogP contribution in [0.2, 0.25) is 0 Å². The minimum atomic E-state index is -0.0893. The van der Waals surface area contributed by atoms with Gasteiger partial charge in [0.2, 0.25) is 0 Å². The fraction of sp³-hybridized carbons (Fsp3) is 0.231. The number of thioether (sulfide) groups is 1. The zero-order valence-electron chi connectivity index (χ0n) is 19.3. The molecule has 34 heavy (non-hydrogen) atoms. The van der Waals surface area contributed by atoms with Crippen molar-refractivity contribution in [3.05, 3.63) is 82.6 Å². The van der Waals surface area contributed by atoms with Crippen LogP contribution in [0, 0.1) is 0 Å². The van der Waals surface area contributed by atoms with E-state index in [1.165, 1.54) is 11.8 Å². The Morgan fingerprint density at radius 2 is 1.50 bits per heavy atom. The summed E-state index contributed by atoms with van der Waals surface area (Å²) in [5.41, 5.74) is 1.49. The molecule has 176 valence electrons. The van der Waals surface area contributed by atoms with Crippen LogP contribution in [-0.2, 0) is 6.54 Å². The standard InChI is InChI=1S/C26H26N2O5S/c1-30-21-10-6-7-11-23(21)33-14-15-34-26-27-20-9-5-4-8-19(20)25(29)28(26)17-18-12-13-22(31-2)24(16-18)32-3/h4-13,16H,14-15,17H2,1-3H3. The SMILES string of the molecule is COc1ccc(Cn2c(SCCOc3ccccc3OC)nc3ccccc3c2=O)cc1OC. The minimum absolute atomic E-state index is 0.0893. The Labute approximate surface area is 202 Å². The lowest BCUT2D eigenvalue weighted by Crippen LogP contribution is -2.24. The summed E-state index contributed by atoms with van der Waals surface area (Å²) < 4.78 is 23.7. The lowest BCUT2D eigenvalue weighted by atomic mass is 10.2. The summed E-state index contributed by atoms with van der Waals surface area (Å²) in [6, 6.07) is 20.5. The summed E-state index contributed by atoms with van der Waals surface area (Å²) in [6.45, 7) is 0.789. The first-order chi connectivity index (χ1) is 16.6. The van der Waals surface area contributed by atoms with Crippen molar-refractivity contribution in [2.75, 3.05) is 33.7 Å². The van der Waals surface area contributed by atoms with Gasteiger partial charge < -0.3 is 18.9 Å². The van der Waals surface area contributed by atoms with E-state index >= 15 is 0 Å². The molecule has 0 aliphatic heterocycles. The van der Waals surface area contributed by atoms with Gasteiger partial charge in [-0.25, -0.2) is 4.98 Å². The fourth-order valence-electron chi connectivity index (χ4n) is 3.58. The van der Waals surface area contributed by atoms with E-state index in [1.54, 1.807) is 32.0 Å². The first-order valence-corrected chi connectivity index (χ1v) is 11.7. The summed E-state index contributed by atoms with van der Waals surface area (Å²) in [7, 11) is 4.80. The zero-order chi connectivity index (χ0) is 23.9. The summed E-state index contributed by atoms with van der Waals surface area (Å²) in [4.78, 5) is 18.2. The normalized spacial score (nSPS) is 10.8. The number of fused-ring (bicyclic) bond motifs is 1. The second-order valence-electron chi connectivity index (χ2n) is 7.34. The van der Waals surface area contributed by atoms with Gasteiger partial charge in [0.25, 0.3) is 5.56 Å². The Kier molecular flexibility index (Phi) is 7.59. The van der Waals surface area contributed by atoms with Gasteiger partial charge in [-0.2, -0.15) is 0 Å². The summed E-state index contributed by atoms with van der Waals surface area (Å²) >= 11 is 1.48. The molecule has 3 aromatic carbocycles. The van der Waals surface area contributed by atoms with Gasteiger partial charge in [0, 0.05) is 5.75 Å². The lowest BCUT2D eigenvalue weighted by Gasteiger charge is -2.15. The van der Waals surface area contributed by atoms with Crippen LogP contribution in [0.5, 0.6) is 23.0 Å². The van der Waals surface area contributed by atoms with Gasteiger partial charge in [-0.1, -0.05) is 42.1 Å². The maximum Gasteiger partial charge on any atom is 0.262 e. The fourth-order valence-corrected chi connectivity index (χ4v) is 4.40. The van der Waals surface area contributed by atoms with Crippen molar-refractivity contribution in [1.29, 1.82) is 0 Å². The van der Waals surface area contributed by atoms with E-state index in [2.05, 4.69) is 0 Å². The number of rotatable bonds is 10. The molecular formula is C26H26N2O5S. The summed E-state index contributed by atoms with van der Waals surface area (Å²) in [5, 5.41) is 1.21. The van der Waals surface area contributed by atoms with E-state index in [-0.39, 0.29) is 5.56 Å². The molecule has 0 aliphatic rings. The number of aromatic nitrogens is 2. The Balaban J connectivity index is 1.59. The molecule has 0 atom stereocenters. The molecule has 1 aromatic heterocycles. The van der Waals surface area contributed by atoms with Gasteiger partial charge in [0.1, 0.15) is 0 Å². The molecule has 0 aliphatic carbocycles. The van der Waals surface area contributed by atoms with E-state index in [4.69, 9.17) is 23.9 Å². The van der Waals surface area contributed by atoms with Crippen LogP contribution >= 0.6 is 11.8 Å². The Morgan fingerprint density at radius 3 is 2.26 bits per heavy atom. The average Bonchev–Trinajstić information content (AvgIpc) is 2.88. The molecule has 0 spiro atoms. The van der Waals surface area contributed by atoms with Gasteiger partial charge in [-0.15, -0.1) is 0 Å². The predicted molar refractivity (Wildman–Crippen MR) is 134 cm³/mol. The van der Waals surface area contributed by atoms with Gasteiger partial charge in [-0.3, -0.25) is 9.36 Å². The monoisotopic (exact) mass is 478 g/mol. The number of hydrogen-bond donors (Lipinski definition) is 0. The Bertz CT molecular complexity index is 1340. The van der Waals surface area contributed by atoms with E-state index in [1.807, 2.05) is 60.7 Å². The van der Waals surface area contributed by atoms with Crippen LogP contribution in [-0.4, -0.2) is 43.2 Å². The van der Waals surface area contributed by atoms with Crippen molar-refractivity contribution < 1.29 is 18.9 Å². The van der Waals surface area contributed by atoms with Crippen LogP contribution in [0.4, 0.5) is 0 Å². The van der Waals surface area contributed by atoms with Crippen molar-refractivity contribution in [3.8, 4) is 23.0 Å². The van der Waals surface area contributed by atoms with E-state index in [0.29, 0.717) is 58.0 Å². The van der Waals surface area contributed by atoms with E-state index in [9.17, 15) is 4.79 Å². The van der Waals surface area contributed by atoms with Gasteiger partial charge >= 0.3 is 0 Å². The van der Waals surface area contributed by atoms with Crippen LogP contribution in [0.25, 0.3) is 10.9 Å². The molecular weight excluding hydrogens is 452 g/mol. The number of ether oxygens (including phenoxy) is 4. The molecule has 0 radical (unpaired) electrons. The van der Waals surface area contributed by atoms with E-state index < -0.39 is 0 Å². The van der Waals surface area contributed by atoms with Gasteiger partial charge in [0.15, 0.2) is 28.2 Å². The van der Waals surface area contributed by atoms with Crippen molar-refractivity contribution >= 4 is 22.7 Å². The van der Waals surface area contributed by atoms with Crippen LogP contribution in [0.1, 0.15) is 5.56 Å². The Morgan fingerprint density at radius 1 is 0.824 bits per heavy atom. The first-order valence-electron chi connectivity index (χ1n) is 10.7. The number of hydrogen-bond acceptors (Lipinski definition) is 7. The molecule has 0 unspecified atom stereocenters. The molecule has 0 saturated heterocycles. The zero-order valence-corrected chi connectivity index (χ0v) is 20.1. The van der Waals surface area contributed by atoms with Crippen molar-refractivity contribution in [1.82, 2.24) is 9.55 Å². The van der Waals surface area contributed by atoms with Crippen LogP contribution in [0.15, 0.2) is 76.7 Å². The van der Waals surface area contributed by atoms with E-state index in [0.717, 1.165) is 5.56 Å². The largest absolute Gasteiger partial charge is 0.493 e. The number of benzene rings is 3. The molecule has 8 heteroatoms. The van der Waals surface area contributed by atoms with Crippen LogP contribution < -0.4 is 24.5 Å². The quantitative estimate of drug-likeness (QED) is 0.187. The summed E-state index contributed by atoms with van der Waals surface area (Å²) in [6.07, 6.45) is 0. The van der Waals surface area contributed by atoms with Crippen molar-refractivity contribution in [2.24, 2.45) is 0 Å². The highest BCUT2D eigenvalue weighted by Gasteiger charge is 2.14. The highest BCUT2D eigenvalue weighted by molar-refractivity contribution is 7.99. The molecule has 0 N–H and O–H groups in total. The summed E-state index contributed by atoms with van der Waals surface area (Å²) in [5.74, 6) is 3.22. The first kappa shape index (κ1) is 23.5. The maximum absolute atomic E-state index is 13.4. The van der Waals surface area contributed by atoms with Crippen molar-refractivity contribution in [2.45, 2.75) is 11.7 Å². The topological polar surface area (TPSA) is 71.8 Å². The predicted octanol–water partition coefficient (Wildman–Crippen LogP) is 4.64.